The number of likely N-dealkylation sites (N-methyl/N-ethyl adjacent to an activating group) is 1. The van der Waals surface area contributed by atoms with E-state index in [1.54, 1.807) is 12.0 Å². The summed E-state index contributed by atoms with van der Waals surface area (Å²) >= 11 is 0. The summed E-state index contributed by atoms with van der Waals surface area (Å²) in [4.78, 5) is 25.6. The maximum atomic E-state index is 14.2. The lowest BCUT2D eigenvalue weighted by molar-refractivity contribution is -0.183. The van der Waals surface area contributed by atoms with E-state index in [0.29, 0.717) is 41.7 Å². The summed E-state index contributed by atoms with van der Waals surface area (Å²) in [6.07, 6.45) is 6.13. The molecule has 6 rings (SSSR count). The maximum Gasteiger partial charge on any atom is 0.240 e. The Bertz CT molecular complexity index is 1240. The van der Waals surface area contributed by atoms with Gasteiger partial charge in [0.25, 0.3) is 0 Å². The van der Waals surface area contributed by atoms with Crippen molar-refractivity contribution < 1.29 is 19.8 Å². The standard InChI is InChI=1S/C41H70N4O4/c1-26-33-19-32(41(33,7)8)20-34(26)42-39(48)38-37(28(3)47)36(25-46)49-45(38)23-31-17-13-16-30(18-31)22-44(21-29-14-11-12-15-29)35(24-43(9)10)27(2)40(4,5)6/h13,16-18,26-29,32-38,46-47H,11-12,14-15,19-25H2,1-10H3,(H,42,48)/t26-,27?,28-,32+,33-,34-,35+,36-,37+,38-/m0/s1. The number of hydrogen-bond donors (Lipinski definition) is 3. The highest BCUT2D eigenvalue weighted by Gasteiger charge is 2.57. The number of rotatable bonds is 14. The molecular formula is C41H70N4O4. The van der Waals surface area contributed by atoms with Gasteiger partial charge < -0.3 is 20.4 Å². The molecule has 1 saturated heterocycles. The lowest BCUT2D eigenvalue weighted by Gasteiger charge is -2.62. The van der Waals surface area contributed by atoms with Gasteiger partial charge in [-0.2, -0.15) is 5.06 Å². The number of hydroxylamine groups is 2. The molecule has 5 aliphatic rings. The molecule has 4 saturated carbocycles. The molecule has 3 N–H and O–H groups in total. The second-order valence-corrected chi connectivity index (χ2v) is 18.6. The highest BCUT2D eigenvalue weighted by atomic mass is 16.7. The van der Waals surface area contributed by atoms with Crippen molar-refractivity contribution >= 4 is 5.91 Å². The first-order chi connectivity index (χ1) is 23.0. The molecule has 278 valence electrons. The number of benzene rings is 1. The quantitative estimate of drug-likeness (QED) is 0.224. The summed E-state index contributed by atoms with van der Waals surface area (Å²) in [5.41, 5.74) is 2.86. The molecular weight excluding hydrogens is 612 g/mol. The minimum absolute atomic E-state index is 0.0978. The van der Waals surface area contributed by atoms with Crippen molar-refractivity contribution in [3.8, 4) is 0 Å². The number of fused-ring (bicyclic) bond motifs is 2. The predicted octanol–water partition coefficient (Wildman–Crippen LogP) is 5.95. The monoisotopic (exact) mass is 683 g/mol. The fraction of sp³-hybridized carbons (Fsp3) is 0.829. The van der Waals surface area contributed by atoms with Crippen molar-refractivity contribution in [1.82, 2.24) is 20.2 Å². The van der Waals surface area contributed by atoms with Gasteiger partial charge in [-0.15, -0.1) is 0 Å². The first-order valence-electron chi connectivity index (χ1n) is 19.5. The van der Waals surface area contributed by atoms with E-state index in [-0.39, 0.29) is 24.0 Å². The number of aliphatic hydroxyl groups excluding tert-OH is 2. The van der Waals surface area contributed by atoms with Crippen LogP contribution in [0.4, 0.5) is 0 Å². The second kappa shape index (κ2) is 15.6. The topological polar surface area (TPSA) is 88.5 Å². The summed E-state index contributed by atoms with van der Waals surface area (Å²) in [5, 5.41) is 26.4. The van der Waals surface area contributed by atoms with Crippen molar-refractivity contribution in [1.29, 1.82) is 0 Å². The first kappa shape index (κ1) is 38.7. The lowest BCUT2D eigenvalue weighted by Crippen LogP contribution is -2.62. The van der Waals surface area contributed by atoms with Crippen LogP contribution in [0.2, 0.25) is 0 Å². The minimum atomic E-state index is -0.803. The van der Waals surface area contributed by atoms with Crippen LogP contribution in [0.15, 0.2) is 24.3 Å². The third-order valence-electron chi connectivity index (χ3n) is 13.7. The number of carbonyl (C=O) groups is 1. The summed E-state index contributed by atoms with van der Waals surface area (Å²) in [7, 11) is 4.38. The SMILES string of the molecule is CC([C@@H](CN(C)C)N(Cc1cccc(CN2O[C@@H](CO)[C@@H]([C@H](C)O)[C@H]2C(=O)N[C@H]2C[C@H]3C[C@@H]([C@@H]2C)C3(C)C)c1)CC1CCCC1)C(C)(C)C. The van der Waals surface area contributed by atoms with Gasteiger partial charge in [-0.3, -0.25) is 14.5 Å². The number of hydrogen-bond acceptors (Lipinski definition) is 7. The van der Waals surface area contributed by atoms with Crippen LogP contribution in [0.3, 0.4) is 0 Å². The molecule has 0 spiro atoms. The Balaban J connectivity index is 1.36. The normalized spacial score (nSPS) is 32.3. The fourth-order valence-corrected chi connectivity index (χ4v) is 10.1. The Hall–Kier alpha value is -1.55. The highest BCUT2D eigenvalue weighted by Crippen LogP contribution is 2.61. The third-order valence-corrected chi connectivity index (χ3v) is 13.7. The molecule has 0 radical (unpaired) electrons. The van der Waals surface area contributed by atoms with Gasteiger partial charge in [0.05, 0.1) is 19.3 Å². The molecule has 8 nitrogen and oxygen atoms in total. The van der Waals surface area contributed by atoms with Gasteiger partial charge >= 0.3 is 0 Å². The van der Waals surface area contributed by atoms with Gasteiger partial charge in [0.2, 0.25) is 5.91 Å². The predicted molar refractivity (Wildman–Crippen MR) is 197 cm³/mol. The van der Waals surface area contributed by atoms with Crippen molar-refractivity contribution in [2.45, 2.75) is 137 Å². The Labute approximate surface area is 298 Å². The van der Waals surface area contributed by atoms with Crippen LogP contribution in [0.5, 0.6) is 0 Å². The highest BCUT2D eigenvalue weighted by molar-refractivity contribution is 5.82. The fourth-order valence-electron chi connectivity index (χ4n) is 10.1. The van der Waals surface area contributed by atoms with Gasteiger partial charge in [-0.1, -0.05) is 85.6 Å². The van der Waals surface area contributed by atoms with E-state index in [1.165, 1.54) is 37.7 Å². The summed E-state index contributed by atoms with van der Waals surface area (Å²) in [5.74, 6) is 2.28. The molecule has 2 bridgehead atoms. The van der Waals surface area contributed by atoms with Crippen LogP contribution >= 0.6 is 0 Å². The number of amides is 1. The molecule has 8 heteroatoms. The molecule has 1 aromatic carbocycles. The van der Waals surface area contributed by atoms with Crippen LogP contribution in [-0.4, -0.2) is 95.1 Å². The summed E-state index contributed by atoms with van der Waals surface area (Å²) in [6.45, 7) is 21.5. The Kier molecular flexibility index (Phi) is 12.3. The summed E-state index contributed by atoms with van der Waals surface area (Å²) < 4.78 is 0. The maximum absolute atomic E-state index is 14.2. The zero-order valence-electron chi connectivity index (χ0n) is 32.5. The smallest absolute Gasteiger partial charge is 0.240 e. The van der Waals surface area contributed by atoms with Gasteiger partial charge in [-0.25, -0.2) is 0 Å². The van der Waals surface area contributed by atoms with E-state index in [1.807, 2.05) is 0 Å². The van der Waals surface area contributed by atoms with E-state index in [2.05, 4.69) is 102 Å². The molecule has 49 heavy (non-hydrogen) atoms. The van der Waals surface area contributed by atoms with Crippen molar-refractivity contribution in [3.63, 3.8) is 0 Å². The van der Waals surface area contributed by atoms with Crippen molar-refractivity contribution in [3.05, 3.63) is 35.4 Å². The molecule has 0 aromatic heterocycles. The molecule has 1 aromatic rings. The van der Waals surface area contributed by atoms with Crippen LogP contribution in [0.1, 0.15) is 105 Å². The largest absolute Gasteiger partial charge is 0.394 e. The van der Waals surface area contributed by atoms with Crippen molar-refractivity contribution in [2.75, 3.05) is 33.8 Å². The van der Waals surface area contributed by atoms with E-state index in [0.717, 1.165) is 37.5 Å². The van der Waals surface area contributed by atoms with Gasteiger partial charge in [0, 0.05) is 37.6 Å². The van der Waals surface area contributed by atoms with E-state index in [4.69, 9.17) is 4.84 Å². The van der Waals surface area contributed by atoms with E-state index >= 15 is 0 Å². The average molecular weight is 683 g/mol. The van der Waals surface area contributed by atoms with Gasteiger partial charge in [0.1, 0.15) is 12.1 Å². The number of nitrogens with one attached hydrogen (secondary N) is 1. The number of aliphatic hydroxyl groups is 2. The van der Waals surface area contributed by atoms with Gasteiger partial charge in [-0.05, 0) is 98.2 Å². The van der Waals surface area contributed by atoms with Crippen LogP contribution < -0.4 is 5.32 Å². The van der Waals surface area contributed by atoms with Crippen molar-refractivity contribution in [2.24, 2.45) is 46.3 Å². The van der Waals surface area contributed by atoms with E-state index < -0.39 is 24.2 Å². The zero-order valence-corrected chi connectivity index (χ0v) is 32.5. The molecule has 1 heterocycles. The number of nitrogens with zero attached hydrogens (tertiary/aromatic N) is 3. The summed E-state index contributed by atoms with van der Waals surface area (Å²) in [6, 6.07) is 8.61. The third kappa shape index (κ3) is 8.58. The Morgan fingerprint density at radius 3 is 2.37 bits per heavy atom. The average Bonchev–Trinajstić information content (AvgIpc) is 3.67. The van der Waals surface area contributed by atoms with Crippen LogP contribution in [0.25, 0.3) is 0 Å². The molecule has 1 unspecified atom stereocenters. The first-order valence-corrected chi connectivity index (χ1v) is 19.5. The van der Waals surface area contributed by atoms with Crippen LogP contribution in [-0.2, 0) is 22.7 Å². The Morgan fingerprint density at radius 2 is 1.80 bits per heavy atom. The minimum Gasteiger partial charge on any atom is -0.394 e. The van der Waals surface area contributed by atoms with E-state index in [9.17, 15) is 15.0 Å². The molecule has 1 aliphatic heterocycles. The van der Waals surface area contributed by atoms with Crippen LogP contribution in [0, 0.1) is 46.3 Å². The Morgan fingerprint density at radius 1 is 1.12 bits per heavy atom. The lowest BCUT2D eigenvalue weighted by atomic mass is 9.45. The van der Waals surface area contributed by atoms with Gasteiger partial charge in [0.15, 0.2) is 0 Å². The molecule has 5 fully saturated rings. The molecule has 4 aliphatic carbocycles. The number of carbonyl (C=O) groups excluding carboxylic acids is 1. The molecule has 10 atom stereocenters. The zero-order chi connectivity index (χ0) is 35.8. The second-order valence-electron chi connectivity index (χ2n) is 18.6. The molecule has 1 amide bonds.